The highest BCUT2D eigenvalue weighted by molar-refractivity contribution is 5.72. The topological polar surface area (TPSA) is 9.23 Å². The normalized spacial score (nSPS) is 12.2. The van der Waals surface area contributed by atoms with Crippen LogP contribution in [0.5, 0.6) is 5.75 Å². The highest BCUT2D eigenvalue weighted by Crippen LogP contribution is 2.39. The van der Waals surface area contributed by atoms with E-state index < -0.39 is 52.4 Å². The summed E-state index contributed by atoms with van der Waals surface area (Å²) in [5.41, 5.74) is -1.78. The minimum atomic E-state index is -5.38. The molecule has 0 radical (unpaired) electrons. The lowest BCUT2D eigenvalue weighted by atomic mass is 9.97. The minimum absolute atomic E-state index is 0.00869. The molecule has 0 fully saturated rings. The molecule has 4 rings (SSSR count). The molecule has 0 amide bonds. The first-order valence-electron chi connectivity index (χ1n) is 12.2. The largest absolute Gasteiger partial charge is 0.429 e. The van der Waals surface area contributed by atoms with Crippen LogP contribution in [0, 0.1) is 23.3 Å². The van der Waals surface area contributed by atoms with E-state index in [1.165, 1.54) is 12.1 Å². The predicted molar refractivity (Wildman–Crippen MR) is 136 cm³/mol. The average Bonchev–Trinajstić information content (AvgIpc) is 2.89. The number of hydrogen-bond donors (Lipinski definition) is 0. The smallest absolute Gasteiger partial charge is 0.426 e. The van der Waals surface area contributed by atoms with Gasteiger partial charge in [0.05, 0.1) is 5.56 Å². The maximum absolute atomic E-state index is 15.0. The highest BCUT2D eigenvalue weighted by Gasteiger charge is 2.40. The fourth-order valence-electron chi connectivity index (χ4n) is 4.19. The Balaban J connectivity index is 1.54. The first-order valence-corrected chi connectivity index (χ1v) is 12.2. The lowest BCUT2D eigenvalue weighted by Gasteiger charge is -2.19. The minimum Gasteiger partial charge on any atom is -0.429 e. The van der Waals surface area contributed by atoms with Gasteiger partial charge in [-0.1, -0.05) is 60.7 Å². The van der Waals surface area contributed by atoms with Gasteiger partial charge >= 0.3 is 12.3 Å². The molecule has 0 aliphatic rings. The van der Waals surface area contributed by atoms with Crippen LogP contribution in [-0.4, -0.2) is 0 Å². The molecule has 1 nitrogen and oxygen atoms in total. The summed E-state index contributed by atoms with van der Waals surface area (Å²) >= 11 is 0. The van der Waals surface area contributed by atoms with Crippen molar-refractivity contribution in [1.29, 1.82) is 0 Å². The van der Waals surface area contributed by atoms with Crippen LogP contribution < -0.4 is 4.74 Å². The highest BCUT2D eigenvalue weighted by atomic mass is 19.4. The molecule has 41 heavy (non-hydrogen) atoms. The Bertz CT molecular complexity index is 1530. The maximum atomic E-state index is 15.0. The molecule has 10 heteroatoms. The molecule has 0 saturated carbocycles. The van der Waals surface area contributed by atoms with Crippen LogP contribution in [0.3, 0.4) is 0 Å². The van der Waals surface area contributed by atoms with Gasteiger partial charge in [0.25, 0.3) is 0 Å². The molecule has 0 spiro atoms. The predicted octanol–water partition coefficient (Wildman–Crippen LogP) is 10.2. The molecule has 0 saturated heterocycles. The molecule has 4 aromatic rings. The molecule has 0 aliphatic carbocycles. The summed E-state index contributed by atoms with van der Waals surface area (Å²) in [5.74, 6) is -7.77. The van der Waals surface area contributed by atoms with E-state index in [1.54, 1.807) is 12.1 Å². The molecule has 0 unspecified atom stereocenters. The van der Waals surface area contributed by atoms with Gasteiger partial charge in [-0.2, -0.15) is 22.0 Å². The zero-order chi connectivity index (χ0) is 29.9. The zero-order valence-corrected chi connectivity index (χ0v) is 21.3. The van der Waals surface area contributed by atoms with E-state index in [2.05, 4.69) is 4.74 Å². The molecule has 0 heterocycles. The van der Waals surface area contributed by atoms with Crippen molar-refractivity contribution in [3.05, 3.63) is 125 Å². The van der Waals surface area contributed by atoms with Gasteiger partial charge in [-0.05, 0) is 48.6 Å². The van der Waals surface area contributed by atoms with Crippen LogP contribution in [0.1, 0.15) is 30.0 Å². The first kappa shape index (κ1) is 29.8. The SMILES string of the molecule is C/C=C/CCc1ccc(-c2ccc(-c3ccc(C(F)(F)Oc4cc(F)c(C(F)(F)F)c(F)c4)cc3)c(F)c2F)cc1. The van der Waals surface area contributed by atoms with Crippen molar-refractivity contribution in [3.8, 4) is 28.0 Å². The molecule has 0 atom stereocenters. The molecule has 0 bridgehead atoms. The quantitative estimate of drug-likeness (QED) is 0.149. The van der Waals surface area contributed by atoms with Gasteiger partial charge in [-0.15, -0.1) is 0 Å². The molecular weight excluding hydrogens is 559 g/mol. The number of allylic oxidation sites excluding steroid dienone is 2. The van der Waals surface area contributed by atoms with Gasteiger partial charge in [-0.25, -0.2) is 17.6 Å². The molecular formula is C31H21F9O. The molecule has 0 aromatic heterocycles. The summed E-state index contributed by atoms with van der Waals surface area (Å²) in [6.07, 6.45) is -4.02. The number of rotatable bonds is 8. The number of ether oxygens (including phenoxy) is 1. The third-order valence-corrected chi connectivity index (χ3v) is 6.26. The van der Waals surface area contributed by atoms with Crippen molar-refractivity contribution < 1.29 is 44.3 Å². The summed E-state index contributed by atoms with van der Waals surface area (Å²) in [4.78, 5) is 0. The second kappa shape index (κ2) is 11.7. The van der Waals surface area contributed by atoms with E-state index in [0.29, 0.717) is 5.56 Å². The summed E-state index contributed by atoms with van der Waals surface area (Å²) in [7, 11) is 0. The monoisotopic (exact) mass is 580 g/mol. The van der Waals surface area contributed by atoms with Crippen LogP contribution in [0.2, 0.25) is 0 Å². The van der Waals surface area contributed by atoms with E-state index >= 15 is 8.78 Å². The zero-order valence-electron chi connectivity index (χ0n) is 21.3. The summed E-state index contributed by atoms with van der Waals surface area (Å²) in [5, 5.41) is 0. The summed E-state index contributed by atoms with van der Waals surface area (Å²) < 4.78 is 129. The van der Waals surface area contributed by atoms with Gasteiger partial charge < -0.3 is 4.74 Å². The number of aryl methyl sites for hydroxylation is 1. The van der Waals surface area contributed by atoms with Crippen LogP contribution in [0.15, 0.2) is 84.9 Å². The fraction of sp³-hybridized carbons (Fsp3) is 0.161. The van der Waals surface area contributed by atoms with Gasteiger partial charge in [0.2, 0.25) is 0 Å². The second-order valence-corrected chi connectivity index (χ2v) is 9.05. The van der Waals surface area contributed by atoms with E-state index in [4.69, 9.17) is 0 Å². The molecule has 4 aromatic carbocycles. The fourth-order valence-corrected chi connectivity index (χ4v) is 4.19. The van der Waals surface area contributed by atoms with E-state index in [9.17, 15) is 30.7 Å². The average molecular weight is 580 g/mol. The van der Waals surface area contributed by atoms with Gasteiger partial charge in [0, 0.05) is 23.3 Å². The first-order chi connectivity index (χ1) is 19.3. The Morgan fingerprint density at radius 3 is 1.63 bits per heavy atom. The Morgan fingerprint density at radius 1 is 0.683 bits per heavy atom. The van der Waals surface area contributed by atoms with Gasteiger partial charge in [0.15, 0.2) is 11.6 Å². The summed E-state index contributed by atoms with van der Waals surface area (Å²) in [6, 6.07) is 13.4. The van der Waals surface area contributed by atoms with Crippen molar-refractivity contribution in [3.63, 3.8) is 0 Å². The van der Waals surface area contributed by atoms with E-state index in [-0.39, 0.29) is 28.8 Å². The molecule has 214 valence electrons. The van der Waals surface area contributed by atoms with Crippen molar-refractivity contribution in [1.82, 2.24) is 0 Å². The van der Waals surface area contributed by atoms with Crippen molar-refractivity contribution in [2.75, 3.05) is 0 Å². The van der Waals surface area contributed by atoms with E-state index in [0.717, 1.165) is 42.7 Å². The Hall–Kier alpha value is -4.21. The Kier molecular flexibility index (Phi) is 8.51. The van der Waals surface area contributed by atoms with Crippen LogP contribution in [-0.2, 0) is 18.7 Å². The van der Waals surface area contributed by atoms with E-state index in [1.807, 2.05) is 31.2 Å². The lowest BCUT2D eigenvalue weighted by molar-refractivity contribution is -0.185. The number of hydrogen-bond acceptors (Lipinski definition) is 1. The standard InChI is InChI=1S/C31H21F9O/c1-2-3-4-5-18-6-8-19(9-7-18)23-14-15-24(29(35)28(23)34)20-10-12-21(13-11-20)31(39,40)41-22-16-25(32)27(26(33)17-22)30(36,37)38/h2-3,6-17H,4-5H2,1H3/b3-2+. The Morgan fingerprint density at radius 2 is 1.17 bits per heavy atom. The molecule has 0 aliphatic heterocycles. The summed E-state index contributed by atoms with van der Waals surface area (Å²) in [6.45, 7) is 1.92. The van der Waals surface area contributed by atoms with Gasteiger partial charge in [-0.3, -0.25) is 0 Å². The third-order valence-electron chi connectivity index (χ3n) is 6.26. The number of halogens is 9. The van der Waals surface area contributed by atoms with Crippen molar-refractivity contribution in [2.45, 2.75) is 32.1 Å². The second-order valence-electron chi connectivity index (χ2n) is 9.05. The number of alkyl halides is 5. The third kappa shape index (κ3) is 6.58. The van der Waals surface area contributed by atoms with Crippen molar-refractivity contribution in [2.24, 2.45) is 0 Å². The number of benzene rings is 4. The van der Waals surface area contributed by atoms with Crippen LogP contribution >= 0.6 is 0 Å². The maximum Gasteiger partial charge on any atom is 0.426 e. The Labute approximate surface area is 229 Å². The van der Waals surface area contributed by atoms with Crippen LogP contribution in [0.4, 0.5) is 39.5 Å². The van der Waals surface area contributed by atoms with Crippen molar-refractivity contribution >= 4 is 0 Å². The van der Waals surface area contributed by atoms with Gasteiger partial charge in [0.1, 0.15) is 22.9 Å². The molecule has 0 N–H and O–H groups in total. The van der Waals surface area contributed by atoms with Crippen LogP contribution in [0.25, 0.3) is 22.3 Å². The lowest BCUT2D eigenvalue weighted by Crippen LogP contribution is -2.22.